The number of nitrogens with zero attached hydrogens (tertiary/aromatic N) is 3. The molecule has 4 rings (SSSR count). The van der Waals surface area contributed by atoms with E-state index in [0.717, 1.165) is 12.8 Å². The van der Waals surface area contributed by atoms with E-state index < -0.39 is 0 Å². The van der Waals surface area contributed by atoms with Gasteiger partial charge in [-0.1, -0.05) is 22.8 Å². The zero-order valence-corrected chi connectivity index (χ0v) is 15.2. The zero-order valence-electron chi connectivity index (χ0n) is 14.4. The van der Waals surface area contributed by atoms with Crippen molar-refractivity contribution in [2.75, 3.05) is 13.1 Å². The normalized spacial score (nSPS) is 17.1. The van der Waals surface area contributed by atoms with E-state index in [4.69, 9.17) is 16.1 Å². The highest BCUT2D eigenvalue weighted by atomic mass is 35.5. The Labute approximate surface area is 160 Å². The van der Waals surface area contributed by atoms with Gasteiger partial charge in [0.05, 0.1) is 5.92 Å². The van der Waals surface area contributed by atoms with E-state index >= 15 is 0 Å². The van der Waals surface area contributed by atoms with E-state index in [2.05, 4.69) is 10.1 Å². The molecule has 0 radical (unpaired) electrons. The fourth-order valence-electron chi connectivity index (χ4n) is 3.28. The molecule has 2 aromatic carbocycles. The first-order chi connectivity index (χ1) is 13.1. The van der Waals surface area contributed by atoms with Crippen molar-refractivity contribution >= 4 is 17.5 Å². The van der Waals surface area contributed by atoms with Gasteiger partial charge in [0, 0.05) is 29.2 Å². The van der Waals surface area contributed by atoms with Crippen LogP contribution in [0.3, 0.4) is 0 Å². The predicted octanol–water partition coefficient (Wildman–Crippen LogP) is 4.55. The second-order valence-corrected chi connectivity index (χ2v) is 7.00. The van der Waals surface area contributed by atoms with Crippen LogP contribution in [0.4, 0.5) is 4.39 Å². The van der Waals surface area contributed by atoms with Crippen molar-refractivity contribution in [3.63, 3.8) is 0 Å². The van der Waals surface area contributed by atoms with Crippen LogP contribution in [0.5, 0.6) is 0 Å². The molecule has 0 bridgehead atoms. The second-order valence-electron chi connectivity index (χ2n) is 6.56. The Bertz CT molecular complexity index is 958. The van der Waals surface area contributed by atoms with Crippen molar-refractivity contribution in [2.24, 2.45) is 0 Å². The maximum Gasteiger partial charge on any atom is 0.253 e. The zero-order chi connectivity index (χ0) is 18.8. The van der Waals surface area contributed by atoms with Crippen LogP contribution < -0.4 is 0 Å². The first-order valence-electron chi connectivity index (χ1n) is 8.74. The van der Waals surface area contributed by atoms with E-state index in [1.165, 1.54) is 12.1 Å². The molecule has 0 aliphatic carbocycles. The van der Waals surface area contributed by atoms with E-state index in [1.807, 2.05) is 0 Å². The summed E-state index contributed by atoms with van der Waals surface area (Å²) in [5.74, 6) is 0.523. The second kappa shape index (κ2) is 7.48. The van der Waals surface area contributed by atoms with Gasteiger partial charge in [-0.15, -0.1) is 0 Å². The summed E-state index contributed by atoms with van der Waals surface area (Å²) in [6.07, 6.45) is 1.72. The summed E-state index contributed by atoms with van der Waals surface area (Å²) >= 11 is 6.00. The average molecular weight is 386 g/mol. The lowest BCUT2D eigenvalue weighted by Gasteiger charge is -2.31. The molecule has 1 aromatic heterocycles. The fourth-order valence-corrected chi connectivity index (χ4v) is 3.47. The third kappa shape index (κ3) is 3.85. The summed E-state index contributed by atoms with van der Waals surface area (Å²) in [5, 5.41) is 4.54. The van der Waals surface area contributed by atoms with Crippen LogP contribution in [0.1, 0.15) is 35.0 Å². The quantitative estimate of drug-likeness (QED) is 0.663. The fraction of sp³-hybridized carbons (Fsp3) is 0.250. The molecule has 1 amide bonds. The van der Waals surface area contributed by atoms with Crippen molar-refractivity contribution in [3.8, 4) is 11.4 Å². The molecule has 1 fully saturated rings. The number of hydrogen-bond acceptors (Lipinski definition) is 4. The number of carbonyl (C=O) groups is 1. The van der Waals surface area contributed by atoms with Gasteiger partial charge >= 0.3 is 0 Å². The van der Waals surface area contributed by atoms with E-state index in [9.17, 15) is 9.18 Å². The first kappa shape index (κ1) is 17.7. The van der Waals surface area contributed by atoms with E-state index in [0.29, 0.717) is 41.0 Å². The molecule has 1 saturated heterocycles. The molecule has 1 aliphatic rings. The van der Waals surface area contributed by atoms with Crippen molar-refractivity contribution in [3.05, 3.63) is 70.8 Å². The Morgan fingerprint density at radius 2 is 2.04 bits per heavy atom. The average Bonchev–Trinajstić information content (AvgIpc) is 3.18. The monoisotopic (exact) mass is 385 g/mol. The number of likely N-dealkylation sites (tertiary alicyclic amines) is 1. The van der Waals surface area contributed by atoms with Crippen LogP contribution in [0.2, 0.25) is 5.02 Å². The van der Waals surface area contributed by atoms with Crippen molar-refractivity contribution < 1.29 is 13.7 Å². The molecule has 138 valence electrons. The molecule has 2 heterocycles. The smallest absolute Gasteiger partial charge is 0.253 e. The molecule has 1 aliphatic heterocycles. The van der Waals surface area contributed by atoms with Crippen LogP contribution in [0.15, 0.2) is 53.1 Å². The summed E-state index contributed by atoms with van der Waals surface area (Å²) in [4.78, 5) is 19.0. The largest absolute Gasteiger partial charge is 0.339 e. The molecule has 27 heavy (non-hydrogen) atoms. The third-order valence-corrected chi connectivity index (χ3v) is 4.91. The molecule has 0 saturated carbocycles. The summed E-state index contributed by atoms with van der Waals surface area (Å²) in [7, 11) is 0. The van der Waals surface area contributed by atoms with E-state index in [1.54, 1.807) is 41.3 Å². The van der Waals surface area contributed by atoms with Gasteiger partial charge in [0.1, 0.15) is 5.82 Å². The lowest BCUT2D eigenvalue weighted by Crippen LogP contribution is -2.39. The Balaban J connectivity index is 1.50. The van der Waals surface area contributed by atoms with Crippen molar-refractivity contribution in [1.29, 1.82) is 0 Å². The summed E-state index contributed by atoms with van der Waals surface area (Å²) in [6.45, 7) is 1.19. The van der Waals surface area contributed by atoms with Crippen LogP contribution in [-0.2, 0) is 0 Å². The number of amides is 1. The molecule has 0 spiro atoms. The highest BCUT2D eigenvalue weighted by Gasteiger charge is 2.29. The van der Waals surface area contributed by atoms with Gasteiger partial charge in [-0.25, -0.2) is 4.39 Å². The topological polar surface area (TPSA) is 59.2 Å². The lowest BCUT2D eigenvalue weighted by molar-refractivity contribution is 0.0695. The number of hydrogen-bond donors (Lipinski definition) is 0. The number of aromatic nitrogens is 2. The van der Waals surface area contributed by atoms with Crippen LogP contribution >= 0.6 is 11.6 Å². The van der Waals surface area contributed by atoms with Gasteiger partial charge in [-0.05, 0) is 55.3 Å². The minimum Gasteiger partial charge on any atom is -0.339 e. The molecular formula is C20H17ClFN3O2. The Morgan fingerprint density at radius 3 is 2.81 bits per heavy atom. The van der Waals surface area contributed by atoms with Gasteiger partial charge in [0.15, 0.2) is 0 Å². The van der Waals surface area contributed by atoms with Crippen LogP contribution in [-0.4, -0.2) is 34.0 Å². The molecular weight excluding hydrogens is 369 g/mol. The number of piperidine rings is 1. The standard InChI is InChI=1S/C20H17ClFN3O2/c21-16-5-1-3-14(11-16)20(26)25-10-2-4-15(12-25)19-23-18(24-27-19)13-6-8-17(22)9-7-13/h1,3,5-9,11,15H,2,4,10,12H2. The highest BCUT2D eigenvalue weighted by Crippen LogP contribution is 2.28. The summed E-state index contributed by atoms with van der Waals surface area (Å²) in [6, 6.07) is 12.9. The predicted molar refractivity (Wildman–Crippen MR) is 99.0 cm³/mol. The number of benzene rings is 2. The lowest BCUT2D eigenvalue weighted by atomic mass is 9.97. The molecule has 0 N–H and O–H groups in total. The molecule has 7 heteroatoms. The molecule has 3 aromatic rings. The van der Waals surface area contributed by atoms with Crippen molar-refractivity contribution in [2.45, 2.75) is 18.8 Å². The van der Waals surface area contributed by atoms with Gasteiger partial charge in [0.2, 0.25) is 11.7 Å². The highest BCUT2D eigenvalue weighted by molar-refractivity contribution is 6.30. The van der Waals surface area contributed by atoms with Gasteiger partial charge < -0.3 is 9.42 Å². The minimum atomic E-state index is -0.315. The molecule has 5 nitrogen and oxygen atoms in total. The SMILES string of the molecule is O=C(c1cccc(Cl)c1)N1CCCC(c2nc(-c3ccc(F)cc3)no2)C1. The van der Waals surface area contributed by atoms with Crippen LogP contribution in [0, 0.1) is 5.82 Å². The van der Waals surface area contributed by atoms with Crippen LogP contribution in [0.25, 0.3) is 11.4 Å². The van der Waals surface area contributed by atoms with Gasteiger partial charge in [0.25, 0.3) is 5.91 Å². The summed E-state index contributed by atoms with van der Waals surface area (Å²) < 4.78 is 18.5. The Hall–Kier alpha value is -2.73. The number of carbonyl (C=O) groups excluding carboxylic acids is 1. The molecule has 1 atom stereocenters. The third-order valence-electron chi connectivity index (χ3n) is 4.67. The summed E-state index contributed by atoms with van der Waals surface area (Å²) in [5.41, 5.74) is 1.26. The number of halogens is 2. The molecule has 1 unspecified atom stereocenters. The minimum absolute atomic E-state index is 0.0245. The Morgan fingerprint density at radius 1 is 1.22 bits per heavy atom. The first-order valence-corrected chi connectivity index (χ1v) is 9.12. The Kier molecular flexibility index (Phi) is 4.90. The maximum atomic E-state index is 13.1. The van der Waals surface area contributed by atoms with Gasteiger partial charge in [-0.2, -0.15) is 4.98 Å². The number of rotatable bonds is 3. The van der Waals surface area contributed by atoms with Crippen molar-refractivity contribution in [1.82, 2.24) is 15.0 Å². The maximum absolute atomic E-state index is 13.1. The van der Waals surface area contributed by atoms with E-state index in [-0.39, 0.29) is 17.6 Å². The van der Waals surface area contributed by atoms with Gasteiger partial charge in [-0.3, -0.25) is 4.79 Å².